The number of thioether (sulfide) groups is 1. The molecule has 1 heterocycles. The molecular formula is C15H21NS. The van der Waals surface area contributed by atoms with Crippen molar-refractivity contribution in [1.29, 1.82) is 0 Å². The molecular weight excluding hydrogens is 226 g/mol. The predicted molar refractivity (Wildman–Crippen MR) is 74.7 cm³/mol. The molecule has 1 aromatic carbocycles. The summed E-state index contributed by atoms with van der Waals surface area (Å²) in [4.78, 5) is 1.57. The summed E-state index contributed by atoms with van der Waals surface area (Å²) in [5.74, 6) is 1.26. The molecule has 92 valence electrons. The summed E-state index contributed by atoms with van der Waals surface area (Å²) in [7, 11) is 0. The molecule has 1 aliphatic carbocycles. The van der Waals surface area contributed by atoms with Crippen molar-refractivity contribution in [3.8, 4) is 0 Å². The van der Waals surface area contributed by atoms with E-state index in [0.717, 1.165) is 6.54 Å². The summed E-state index contributed by atoms with van der Waals surface area (Å²) >= 11 is 2.05. The van der Waals surface area contributed by atoms with Crippen molar-refractivity contribution in [1.82, 2.24) is 0 Å². The molecule has 1 nitrogen and oxygen atoms in total. The fraction of sp³-hybridized carbons (Fsp3) is 0.600. The van der Waals surface area contributed by atoms with Crippen LogP contribution < -0.4 is 5.73 Å². The predicted octanol–water partition coefficient (Wildman–Crippen LogP) is 3.50. The highest BCUT2D eigenvalue weighted by Gasteiger charge is 2.35. The molecule has 1 aliphatic heterocycles. The standard InChI is InChI=1S/C15H21NS/c16-11-15(8-2-1-3-9-15)13-6-4-5-12-7-10-17-14(12)13/h4-6H,1-3,7-11,16H2. The van der Waals surface area contributed by atoms with Gasteiger partial charge in [-0.1, -0.05) is 37.5 Å². The van der Waals surface area contributed by atoms with Crippen molar-refractivity contribution in [2.24, 2.45) is 5.73 Å². The van der Waals surface area contributed by atoms with Crippen molar-refractivity contribution >= 4 is 11.8 Å². The zero-order chi connectivity index (χ0) is 11.7. The third-order valence-electron chi connectivity index (χ3n) is 4.49. The topological polar surface area (TPSA) is 26.0 Å². The Hall–Kier alpha value is -0.470. The molecule has 0 atom stereocenters. The zero-order valence-electron chi connectivity index (χ0n) is 10.4. The quantitative estimate of drug-likeness (QED) is 0.865. The number of rotatable bonds is 2. The minimum Gasteiger partial charge on any atom is -0.330 e. The first-order valence-corrected chi connectivity index (χ1v) is 7.79. The van der Waals surface area contributed by atoms with Crippen LogP contribution in [-0.2, 0) is 11.8 Å². The molecule has 1 fully saturated rings. The van der Waals surface area contributed by atoms with E-state index >= 15 is 0 Å². The molecule has 0 saturated heterocycles. The number of aryl methyl sites for hydroxylation is 1. The molecule has 3 rings (SSSR count). The molecule has 2 aliphatic rings. The number of fused-ring (bicyclic) bond motifs is 1. The van der Waals surface area contributed by atoms with Crippen LogP contribution in [0.5, 0.6) is 0 Å². The van der Waals surface area contributed by atoms with E-state index in [-0.39, 0.29) is 0 Å². The number of hydrogen-bond acceptors (Lipinski definition) is 2. The largest absolute Gasteiger partial charge is 0.330 e. The van der Waals surface area contributed by atoms with Gasteiger partial charge in [-0.15, -0.1) is 11.8 Å². The van der Waals surface area contributed by atoms with Gasteiger partial charge in [0.15, 0.2) is 0 Å². The van der Waals surface area contributed by atoms with Gasteiger partial charge in [0.2, 0.25) is 0 Å². The second-order valence-electron chi connectivity index (χ2n) is 5.44. The van der Waals surface area contributed by atoms with E-state index < -0.39 is 0 Å². The molecule has 0 aromatic heterocycles. The van der Waals surface area contributed by atoms with Gasteiger partial charge in [0, 0.05) is 22.6 Å². The fourth-order valence-electron chi connectivity index (χ4n) is 3.44. The molecule has 1 aromatic rings. The molecule has 0 bridgehead atoms. The monoisotopic (exact) mass is 247 g/mol. The Kier molecular flexibility index (Phi) is 3.18. The number of nitrogens with two attached hydrogens (primary N) is 1. The van der Waals surface area contributed by atoms with E-state index in [1.165, 1.54) is 44.3 Å². The van der Waals surface area contributed by atoms with E-state index in [9.17, 15) is 0 Å². The van der Waals surface area contributed by atoms with Crippen molar-refractivity contribution in [3.05, 3.63) is 29.3 Å². The lowest BCUT2D eigenvalue weighted by atomic mass is 9.69. The van der Waals surface area contributed by atoms with Crippen molar-refractivity contribution < 1.29 is 0 Å². The van der Waals surface area contributed by atoms with E-state index in [4.69, 9.17) is 5.73 Å². The van der Waals surface area contributed by atoms with Crippen LogP contribution in [0.2, 0.25) is 0 Å². The van der Waals surface area contributed by atoms with Gasteiger partial charge in [0.05, 0.1) is 0 Å². The average Bonchev–Trinajstić information content (AvgIpc) is 2.87. The Morgan fingerprint density at radius 3 is 2.76 bits per heavy atom. The van der Waals surface area contributed by atoms with Crippen LogP contribution in [0.1, 0.15) is 43.2 Å². The van der Waals surface area contributed by atoms with Crippen molar-refractivity contribution in [3.63, 3.8) is 0 Å². The third-order valence-corrected chi connectivity index (χ3v) is 5.67. The Balaban J connectivity index is 2.04. The molecule has 0 amide bonds. The Morgan fingerprint density at radius 2 is 2.00 bits per heavy atom. The highest BCUT2D eigenvalue weighted by atomic mass is 32.2. The number of benzene rings is 1. The average molecular weight is 247 g/mol. The van der Waals surface area contributed by atoms with Crippen LogP contribution in [0.4, 0.5) is 0 Å². The van der Waals surface area contributed by atoms with Crippen molar-refractivity contribution in [2.75, 3.05) is 12.3 Å². The van der Waals surface area contributed by atoms with Gasteiger partial charge in [-0.3, -0.25) is 0 Å². The molecule has 0 spiro atoms. The minimum absolute atomic E-state index is 0.293. The lowest BCUT2D eigenvalue weighted by molar-refractivity contribution is 0.296. The first-order chi connectivity index (χ1) is 8.36. The minimum atomic E-state index is 0.293. The summed E-state index contributed by atoms with van der Waals surface area (Å²) in [6, 6.07) is 6.88. The summed E-state index contributed by atoms with van der Waals surface area (Å²) in [5.41, 5.74) is 9.58. The summed E-state index contributed by atoms with van der Waals surface area (Å²) < 4.78 is 0. The lowest BCUT2D eigenvalue weighted by Gasteiger charge is -2.38. The number of hydrogen-bond donors (Lipinski definition) is 1. The molecule has 0 unspecified atom stereocenters. The maximum atomic E-state index is 6.16. The first-order valence-electron chi connectivity index (χ1n) is 6.81. The molecule has 2 N–H and O–H groups in total. The highest BCUT2D eigenvalue weighted by molar-refractivity contribution is 7.99. The van der Waals surface area contributed by atoms with Crippen LogP contribution in [-0.4, -0.2) is 12.3 Å². The van der Waals surface area contributed by atoms with E-state index in [1.807, 2.05) is 11.8 Å². The van der Waals surface area contributed by atoms with Gasteiger partial charge < -0.3 is 5.73 Å². The molecule has 17 heavy (non-hydrogen) atoms. The van der Waals surface area contributed by atoms with Crippen LogP contribution in [0.15, 0.2) is 23.1 Å². The molecule has 2 heteroatoms. The smallest absolute Gasteiger partial charge is 0.0143 e. The van der Waals surface area contributed by atoms with Crippen molar-refractivity contribution in [2.45, 2.75) is 48.8 Å². The molecule has 1 saturated carbocycles. The maximum absolute atomic E-state index is 6.16. The zero-order valence-corrected chi connectivity index (χ0v) is 11.2. The van der Waals surface area contributed by atoms with Gasteiger partial charge in [0.25, 0.3) is 0 Å². The van der Waals surface area contributed by atoms with Crippen LogP contribution in [0.25, 0.3) is 0 Å². The highest BCUT2D eigenvalue weighted by Crippen LogP contribution is 2.45. The summed E-state index contributed by atoms with van der Waals surface area (Å²) in [6.45, 7) is 0.823. The second kappa shape index (κ2) is 4.66. The van der Waals surface area contributed by atoms with Gasteiger partial charge >= 0.3 is 0 Å². The molecule has 0 radical (unpaired) electrons. The Morgan fingerprint density at radius 1 is 1.18 bits per heavy atom. The van der Waals surface area contributed by atoms with Gasteiger partial charge in [-0.25, -0.2) is 0 Å². The maximum Gasteiger partial charge on any atom is 0.0143 e. The van der Waals surface area contributed by atoms with Gasteiger partial charge in [0.1, 0.15) is 0 Å². The van der Waals surface area contributed by atoms with E-state index in [2.05, 4.69) is 18.2 Å². The Bertz CT molecular complexity index is 407. The Labute approximate surface area is 108 Å². The van der Waals surface area contributed by atoms with Crippen LogP contribution in [0, 0.1) is 0 Å². The van der Waals surface area contributed by atoms with Gasteiger partial charge in [-0.2, -0.15) is 0 Å². The van der Waals surface area contributed by atoms with Crippen LogP contribution in [0.3, 0.4) is 0 Å². The third kappa shape index (κ3) is 1.92. The summed E-state index contributed by atoms with van der Waals surface area (Å²) in [6.07, 6.45) is 7.93. The van der Waals surface area contributed by atoms with Crippen LogP contribution >= 0.6 is 11.8 Å². The second-order valence-corrected chi connectivity index (χ2v) is 6.54. The fourth-order valence-corrected chi connectivity index (χ4v) is 4.77. The van der Waals surface area contributed by atoms with Gasteiger partial charge in [-0.05, 0) is 30.4 Å². The van der Waals surface area contributed by atoms with E-state index in [1.54, 1.807) is 16.0 Å². The first kappa shape index (κ1) is 11.6. The van der Waals surface area contributed by atoms with E-state index in [0.29, 0.717) is 5.41 Å². The summed E-state index contributed by atoms with van der Waals surface area (Å²) in [5, 5.41) is 0. The SMILES string of the molecule is NCC1(c2cccc3c2SCC3)CCCCC1. The lowest BCUT2D eigenvalue weighted by Crippen LogP contribution is -2.37. The normalized spacial score (nSPS) is 22.4.